The van der Waals surface area contributed by atoms with Crippen LogP contribution in [-0.4, -0.2) is 44.0 Å². The average molecular weight is 384 g/mol. The molecule has 5 nitrogen and oxygen atoms in total. The van der Waals surface area contributed by atoms with Crippen molar-refractivity contribution in [2.24, 2.45) is 4.99 Å². The lowest BCUT2D eigenvalue weighted by Crippen LogP contribution is -2.40. The maximum Gasteiger partial charge on any atom is 0.224 e. The number of amides is 1. The lowest BCUT2D eigenvalue weighted by molar-refractivity contribution is -0.130. The van der Waals surface area contributed by atoms with Crippen LogP contribution in [0, 0.1) is 12.7 Å². The third-order valence-electron chi connectivity index (χ3n) is 4.53. The molecule has 0 saturated heterocycles. The minimum Gasteiger partial charge on any atom is -0.356 e. The molecule has 1 amide bonds. The molecule has 0 unspecified atom stereocenters. The second kappa shape index (κ2) is 11.1. The summed E-state index contributed by atoms with van der Waals surface area (Å²) in [4.78, 5) is 18.2. The SMILES string of the molecule is CN=C(NCCC(=O)N(C)Cc1ccccc1)NCCc1ccc(F)cc1C. The molecule has 0 aliphatic carbocycles. The van der Waals surface area contributed by atoms with Crippen molar-refractivity contribution in [1.82, 2.24) is 15.5 Å². The van der Waals surface area contributed by atoms with Gasteiger partial charge in [0.25, 0.3) is 0 Å². The zero-order chi connectivity index (χ0) is 20.4. The highest BCUT2D eigenvalue weighted by atomic mass is 19.1. The first-order valence-electron chi connectivity index (χ1n) is 9.47. The molecule has 2 aromatic carbocycles. The van der Waals surface area contributed by atoms with Crippen LogP contribution in [0.2, 0.25) is 0 Å². The van der Waals surface area contributed by atoms with Gasteiger partial charge in [-0.2, -0.15) is 0 Å². The highest BCUT2D eigenvalue weighted by Gasteiger charge is 2.09. The van der Waals surface area contributed by atoms with Crippen molar-refractivity contribution < 1.29 is 9.18 Å². The van der Waals surface area contributed by atoms with E-state index in [4.69, 9.17) is 0 Å². The number of aliphatic imine (C=N–C) groups is 1. The second-order valence-corrected chi connectivity index (χ2v) is 6.73. The largest absolute Gasteiger partial charge is 0.356 e. The summed E-state index contributed by atoms with van der Waals surface area (Å²) in [6, 6.07) is 14.8. The number of halogens is 1. The van der Waals surface area contributed by atoms with Gasteiger partial charge in [0.2, 0.25) is 5.91 Å². The first-order chi connectivity index (χ1) is 13.5. The molecule has 150 valence electrons. The number of hydrogen-bond acceptors (Lipinski definition) is 2. The van der Waals surface area contributed by atoms with Gasteiger partial charge in [0.15, 0.2) is 5.96 Å². The van der Waals surface area contributed by atoms with Gasteiger partial charge in [0.05, 0.1) is 0 Å². The van der Waals surface area contributed by atoms with Crippen LogP contribution in [0.1, 0.15) is 23.1 Å². The van der Waals surface area contributed by atoms with Crippen LogP contribution >= 0.6 is 0 Å². The molecular weight excluding hydrogens is 355 g/mol. The molecule has 0 bridgehead atoms. The van der Waals surface area contributed by atoms with Crippen LogP contribution in [0.5, 0.6) is 0 Å². The third kappa shape index (κ3) is 7.02. The molecule has 0 radical (unpaired) electrons. The van der Waals surface area contributed by atoms with Crippen LogP contribution in [0.15, 0.2) is 53.5 Å². The Labute approximate surface area is 166 Å². The molecular formula is C22H29FN4O. The monoisotopic (exact) mass is 384 g/mol. The summed E-state index contributed by atoms with van der Waals surface area (Å²) in [6.45, 7) is 3.69. The normalized spacial score (nSPS) is 11.2. The molecule has 0 aliphatic rings. The van der Waals surface area contributed by atoms with Gasteiger partial charge in [-0.1, -0.05) is 36.4 Å². The van der Waals surface area contributed by atoms with E-state index >= 15 is 0 Å². The summed E-state index contributed by atoms with van der Waals surface area (Å²) in [7, 11) is 3.51. The first-order valence-corrected chi connectivity index (χ1v) is 9.47. The number of hydrogen-bond donors (Lipinski definition) is 2. The fraction of sp³-hybridized carbons (Fsp3) is 0.364. The third-order valence-corrected chi connectivity index (χ3v) is 4.53. The number of rotatable bonds is 8. The molecule has 2 aromatic rings. The van der Waals surface area contributed by atoms with E-state index in [0.717, 1.165) is 23.1 Å². The molecule has 0 atom stereocenters. The van der Waals surface area contributed by atoms with E-state index < -0.39 is 0 Å². The molecule has 0 spiro atoms. The molecule has 2 rings (SSSR count). The van der Waals surface area contributed by atoms with Crippen molar-refractivity contribution in [3.63, 3.8) is 0 Å². The van der Waals surface area contributed by atoms with Gasteiger partial charge in [-0.15, -0.1) is 0 Å². The van der Waals surface area contributed by atoms with E-state index in [0.29, 0.717) is 32.0 Å². The predicted molar refractivity (Wildman–Crippen MR) is 112 cm³/mol. The zero-order valence-corrected chi connectivity index (χ0v) is 16.8. The lowest BCUT2D eigenvalue weighted by atomic mass is 10.1. The van der Waals surface area contributed by atoms with Gasteiger partial charge in [0.1, 0.15) is 5.82 Å². The number of carbonyl (C=O) groups excluding carboxylic acids is 1. The van der Waals surface area contributed by atoms with Gasteiger partial charge in [-0.25, -0.2) is 4.39 Å². The molecule has 0 aliphatic heterocycles. The number of nitrogens with one attached hydrogen (secondary N) is 2. The van der Waals surface area contributed by atoms with Crippen LogP contribution in [-0.2, 0) is 17.8 Å². The van der Waals surface area contributed by atoms with E-state index in [9.17, 15) is 9.18 Å². The summed E-state index contributed by atoms with van der Waals surface area (Å²) >= 11 is 0. The van der Waals surface area contributed by atoms with Crippen molar-refractivity contribution >= 4 is 11.9 Å². The van der Waals surface area contributed by atoms with E-state index in [1.54, 1.807) is 18.0 Å². The lowest BCUT2D eigenvalue weighted by Gasteiger charge is -2.18. The summed E-state index contributed by atoms with van der Waals surface area (Å²) in [6.07, 6.45) is 1.16. The smallest absolute Gasteiger partial charge is 0.224 e. The van der Waals surface area contributed by atoms with E-state index in [2.05, 4.69) is 15.6 Å². The summed E-state index contributed by atoms with van der Waals surface area (Å²) in [5, 5.41) is 6.38. The Bertz CT molecular complexity index is 792. The maximum atomic E-state index is 13.2. The predicted octanol–water partition coefficient (Wildman–Crippen LogP) is 2.89. The van der Waals surface area contributed by atoms with Crippen LogP contribution in [0.25, 0.3) is 0 Å². The van der Waals surface area contributed by atoms with Gasteiger partial charge < -0.3 is 15.5 Å². The maximum absolute atomic E-state index is 13.2. The Morgan fingerprint density at radius 2 is 1.82 bits per heavy atom. The minimum absolute atomic E-state index is 0.0775. The van der Waals surface area contributed by atoms with Crippen molar-refractivity contribution in [3.8, 4) is 0 Å². The van der Waals surface area contributed by atoms with Gasteiger partial charge in [0, 0.05) is 40.2 Å². The zero-order valence-electron chi connectivity index (χ0n) is 16.8. The summed E-state index contributed by atoms with van der Waals surface area (Å²) in [5.74, 6) is 0.514. The molecule has 0 fully saturated rings. The van der Waals surface area contributed by atoms with Crippen molar-refractivity contribution in [1.29, 1.82) is 0 Å². The van der Waals surface area contributed by atoms with Gasteiger partial charge in [-0.05, 0) is 42.2 Å². The van der Waals surface area contributed by atoms with E-state index in [1.165, 1.54) is 6.07 Å². The molecule has 28 heavy (non-hydrogen) atoms. The number of nitrogens with zero attached hydrogens (tertiary/aromatic N) is 2. The average Bonchev–Trinajstić information content (AvgIpc) is 2.69. The number of carbonyl (C=O) groups is 1. The van der Waals surface area contributed by atoms with Crippen LogP contribution in [0.4, 0.5) is 4.39 Å². The van der Waals surface area contributed by atoms with Gasteiger partial charge >= 0.3 is 0 Å². The fourth-order valence-electron chi connectivity index (χ4n) is 2.90. The van der Waals surface area contributed by atoms with Crippen molar-refractivity contribution in [3.05, 3.63) is 71.0 Å². The number of guanidine groups is 1. The Kier molecular flexibility index (Phi) is 8.46. The first kappa shape index (κ1) is 21.4. The summed E-state index contributed by atoms with van der Waals surface area (Å²) < 4.78 is 13.2. The van der Waals surface area contributed by atoms with Crippen molar-refractivity contribution in [2.75, 3.05) is 27.2 Å². The Morgan fingerprint density at radius 1 is 1.11 bits per heavy atom. The highest BCUT2D eigenvalue weighted by molar-refractivity contribution is 5.81. The van der Waals surface area contributed by atoms with Crippen LogP contribution < -0.4 is 10.6 Å². The van der Waals surface area contributed by atoms with Crippen LogP contribution in [0.3, 0.4) is 0 Å². The molecule has 0 saturated carbocycles. The fourth-order valence-corrected chi connectivity index (χ4v) is 2.90. The molecule has 2 N–H and O–H groups in total. The number of aryl methyl sites for hydroxylation is 1. The molecule has 0 aromatic heterocycles. The van der Waals surface area contributed by atoms with E-state index in [-0.39, 0.29) is 11.7 Å². The standard InChI is InChI=1S/C22H29FN4O/c1-17-15-20(23)10-9-19(17)11-13-25-22(24-2)26-14-12-21(28)27(3)16-18-7-5-4-6-8-18/h4-10,15H,11-14,16H2,1-3H3,(H2,24,25,26). The highest BCUT2D eigenvalue weighted by Crippen LogP contribution is 2.10. The number of benzene rings is 2. The van der Waals surface area contributed by atoms with E-state index in [1.807, 2.05) is 50.4 Å². The topological polar surface area (TPSA) is 56.7 Å². The Hall–Kier alpha value is -2.89. The second-order valence-electron chi connectivity index (χ2n) is 6.73. The molecule has 6 heteroatoms. The summed E-state index contributed by atoms with van der Waals surface area (Å²) in [5.41, 5.74) is 3.15. The van der Waals surface area contributed by atoms with Crippen molar-refractivity contribution in [2.45, 2.75) is 26.3 Å². The minimum atomic E-state index is -0.214. The Balaban J connectivity index is 1.69. The molecule has 0 heterocycles. The van der Waals surface area contributed by atoms with Gasteiger partial charge in [-0.3, -0.25) is 9.79 Å². The quantitative estimate of drug-likeness (QED) is 0.544. The Morgan fingerprint density at radius 3 is 2.50 bits per heavy atom.